The van der Waals surface area contributed by atoms with Gasteiger partial charge in [0, 0.05) is 23.7 Å². The van der Waals surface area contributed by atoms with Crippen LogP contribution < -0.4 is 4.74 Å². The maximum Gasteiger partial charge on any atom is 0.270 e. The third-order valence-electron chi connectivity index (χ3n) is 4.74. The fraction of sp³-hybridized carbons (Fsp3) is 0.286. The minimum Gasteiger partial charge on any atom is -0.484 e. The first-order chi connectivity index (χ1) is 14.5. The van der Waals surface area contributed by atoms with Crippen molar-refractivity contribution in [2.75, 3.05) is 6.61 Å². The fourth-order valence-corrected chi connectivity index (χ4v) is 3.07. The van der Waals surface area contributed by atoms with E-state index in [-0.39, 0.29) is 42.6 Å². The van der Waals surface area contributed by atoms with Crippen LogP contribution >= 0.6 is 0 Å². The van der Waals surface area contributed by atoms with E-state index in [4.69, 9.17) is 9.15 Å². The lowest BCUT2D eigenvalue weighted by Gasteiger charge is -2.20. The van der Waals surface area contributed by atoms with Crippen LogP contribution in [0.5, 0.6) is 5.75 Å². The molecule has 4 rings (SSSR count). The molecule has 0 N–H and O–H groups in total. The van der Waals surface area contributed by atoms with E-state index < -0.39 is 4.92 Å². The van der Waals surface area contributed by atoms with Crippen LogP contribution in [0.15, 0.2) is 52.9 Å². The minimum absolute atomic E-state index is 0.0599. The Bertz CT molecular complexity index is 1080. The van der Waals surface area contributed by atoms with Gasteiger partial charge in [0.05, 0.1) is 11.5 Å². The number of ether oxygens (including phenoxy) is 1. The first-order valence-electron chi connectivity index (χ1n) is 9.56. The zero-order valence-corrected chi connectivity index (χ0v) is 16.4. The molecule has 9 heteroatoms. The van der Waals surface area contributed by atoms with Crippen LogP contribution in [-0.2, 0) is 11.3 Å². The fourth-order valence-electron chi connectivity index (χ4n) is 3.07. The quantitative estimate of drug-likeness (QED) is 0.414. The van der Waals surface area contributed by atoms with Crippen LogP contribution in [0, 0.1) is 17.0 Å². The summed E-state index contributed by atoms with van der Waals surface area (Å²) in [5.41, 5.74) is 1.45. The number of hydrogen-bond donors (Lipinski definition) is 0. The summed E-state index contributed by atoms with van der Waals surface area (Å²) in [4.78, 5) is 24.9. The Labute approximate surface area is 172 Å². The molecule has 30 heavy (non-hydrogen) atoms. The van der Waals surface area contributed by atoms with E-state index in [1.807, 2.05) is 31.2 Å². The Morgan fingerprint density at radius 2 is 2.03 bits per heavy atom. The molecule has 1 amide bonds. The van der Waals surface area contributed by atoms with Gasteiger partial charge < -0.3 is 14.1 Å². The van der Waals surface area contributed by atoms with Crippen molar-refractivity contribution in [1.29, 1.82) is 0 Å². The van der Waals surface area contributed by atoms with Gasteiger partial charge in [0.15, 0.2) is 6.61 Å². The number of carbonyl (C=O) groups excluding carboxylic acids is 1. The molecule has 3 aromatic rings. The summed E-state index contributed by atoms with van der Waals surface area (Å²) in [6, 6.07) is 13.6. The van der Waals surface area contributed by atoms with Gasteiger partial charge in [0.1, 0.15) is 5.75 Å². The Kier molecular flexibility index (Phi) is 5.42. The Morgan fingerprint density at radius 3 is 2.77 bits per heavy atom. The standard InChI is InChI=1S/C21H20N4O5/c1-14-4-2-7-18(10-14)29-13-20(26)24(16-8-9-16)12-19-22-23-21(30-19)15-5-3-6-17(11-15)25(27)28/h2-7,10-11,16H,8-9,12-13H2,1H3. The second-order valence-corrected chi connectivity index (χ2v) is 7.17. The molecule has 1 aliphatic carbocycles. The summed E-state index contributed by atoms with van der Waals surface area (Å²) in [5.74, 6) is 0.930. The van der Waals surface area contributed by atoms with Crippen molar-refractivity contribution >= 4 is 11.6 Å². The molecule has 2 aromatic carbocycles. The van der Waals surface area contributed by atoms with Crippen LogP contribution in [0.4, 0.5) is 5.69 Å². The molecule has 0 radical (unpaired) electrons. The average molecular weight is 408 g/mol. The lowest BCUT2D eigenvalue weighted by atomic mass is 10.2. The van der Waals surface area contributed by atoms with Crippen molar-refractivity contribution in [3.63, 3.8) is 0 Å². The molecule has 0 saturated heterocycles. The molecule has 1 aromatic heterocycles. The number of amides is 1. The second kappa shape index (κ2) is 8.32. The summed E-state index contributed by atoms with van der Waals surface area (Å²) >= 11 is 0. The van der Waals surface area contributed by atoms with Crippen LogP contribution in [0.25, 0.3) is 11.5 Å². The maximum atomic E-state index is 12.7. The number of nitrogens with zero attached hydrogens (tertiary/aromatic N) is 4. The highest BCUT2D eigenvalue weighted by Crippen LogP contribution is 2.29. The van der Waals surface area contributed by atoms with E-state index in [1.54, 1.807) is 17.0 Å². The third-order valence-corrected chi connectivity index (χ3v) is 4.74. The van der Waals surface area contributed by atoms with E-state index in [2.05, 4.69) is 10.2 Å². The number of aryl methyl sites for hydroxylation is 1. The molecule has 0 bridgehead atoms. The molecule has 0 atom stereocenters. The first-order valence-corrected chi connectivity index (χ1v) is 9.56. The van der Waals surface area contributed by atoms with Gasteiger partial charge in [-0.3, -0.25) is 14.9 Å². The smallest absolute Gasteiger partial charge is 0.270 e. The van der Waals surface area contributed by atoms with Crippen LogP contribution in [0.1, 0.15) is 24.3 Å². The van der Waals surface area contributed by atoms with E-state index in [0.717, 1.165) is 18.4 Å². The number of nitro groups is 1. The lowest BCUT2D eigenvalue weighted by molar-refractivity contribution is -0.384. The summed E-state index contributed by atoms with van der Waals surface area (Å²) in [7, 11) is 0. The highest BCUT2D eigenvalue weighted by atomic mass is 16.6. The van der Waals surface area contributed by atoms with Gasteiger partial charge in [-0.05, 0) is 43.5 Å². The normalized spacial score (nSPS) is 13.1. The first kappa shape index (κ1) is 19.6. The molecule has 9 nitrogen and oxygen atoms in total. The molecule has 0 aliphatic heterocycles. The zero-order chi connectivity index (χ0) is 21.1. The molecule has 1 heterocycles. The number of non-ortho nitro benzene ring substituents is 1. The predicted octanol–water partition coefficient (Wildman–Crippen LogP) is 3.52. The Morgan fingerprint density at radius 1 is 1.23 bits per heavy atom. The van der Waals surface area contributed by atoms with E-state index in [9.17, 15) is 14.9 Å². The average Bonchev–Trinajstić information content (AvgIpc) is 3.47. The summed E-state index contributed by atoms with van der Waals surface area (Å²) in [6.45, 7) is 2.05. The van der Waals surface area contributed by atoms with Gasteiger partial charge in [-0.25, -0.2) is 0 Å². The maximum absolute atomic E-state index is 12.7. The van der Waals surface area contributed by atoms with Gasteiger partial charge in [0.2, 0.25) is 11.8 Å². The molecule has 1 fully saturated rings. The van der Waals surface area contributed by atoms with Gasteiger partial charge in [-0.15, -0.1) is 10.2 Å². The number of carbonyl (C=O) groups is 1. The van der Waals surface area contributed by atoms with Crippen molar-refractivity contribution in [3.05, 3.63) is 70.1 Å². The van der Waals surface area contributed by atoms with Gasteiger partial charge >= 0.3 is 0 Å². The molecule has 1 aliphatic rings. The van der Waals surface area contributed by atoms with Gasteiger partial charge in [-0.2, -0.15) is 0 Å². The van der Waals surface area contributed by atoms with Crippen molar-refractivity contribution in [3.8, 4) is 17.2 Å². The van der Waals surface area contributed by atoms with Gasteiger partial charge in [-0.1, -0.05) is 18.2 Å². The van der Waals surface area contributed by atoms with E-state index >= 15 is 0 Å². The molecular formula is C21H20N4O5. The lowest BCUT2D eigenvalue weighted by Crippen LogP contribution is -2.36. The number of hydrogen-bond acceptors (Lipinski definition) is 7. The summed E-state index contributed by atoms with van der Waals surface area (Å²) in [6.07, 6.45) is 1.84. The highest BCUT2D eigenvalue weighted by Gasteiger charge is 2.34. The summed E-state index contributed by atoms with van der Waals surface area (Å²) in [5, 5.41) is 18.9. The van der Waals surface area contributed by atoms with Crippen LogP contribution in [0.2, 0.25) is 0 Å². The van der Waals surface area contributed by atoms with Crippen molar-refractivity contribution in [2.45, 2.75) is 32.4 Å². The topological polar surface area (TPSA) is 112 Å². The number of rotatable bonds is 8. The van der Waals surface area contributed by atoms with Crippen molar-refractivity contribution in [2.24, 2.45) is 0 Å². The molecule has 1 saturated carbocycles. The second-order valence-electron chi connectivity index (χ2n) is 7.17. The highest BCUT2D eigenvalue weighted by molar-refractivity contribution is 5.78. The minimum atomic E-state index is -0.484. The third kappa shape index (κ3) is 4.62. The van der Waals surface area contributed by atoms with E-state index in [1.165, 1.54) is 12.1 Å². The zero-order valence-electron chi connectivity index (χ0n) is 16.4. The monoisotopic (exact) mass is 408 g/mol. The molecule has 0 spiro atoms. The molecule has 154 valence electrons. The van der Waals surface area contributed by atoms with Crippen LogP contribution in [0.3, 0.4) is 0 Å². The molecule has 0 unspecified atom stereocenters. The van der Waals surface area contributed by atoms with Gasteiger partial charge in [0.25, 0.3) is 11.6 Å². The SMILES string of the molecule is Cc1cccc(OCC(=O)N(Cc2nnc(-c3cccc([N+](=O)[O-])c3)o2)C2CC2)c1. The molecular weight excluding hydrogens is 388 g/mol. The van der Waals surface area contributed by atoms with Crippen molar-refractivity contribution in [1.82, 2.24) is 15.1 Å². The number of nitro benzene ring substituents is 1. The van der Waals surface area contributed by atoms with Crippen molar-refractivity contribution < 1.29 is 18.9 Å². The summed E-state index contributed by atoms with van der Waals surface area (Å²) < 4.78 is 11.3. The van der Waals surface area contributed by atoms with Crippen LogP contribution in [-0.4, -0.2) is 38.6 Å². The number of benzene rings is 2. The predicted molar refractivity (Wildman–Crippen MR) is 107 cm³/mol. The Balaban J connectivity index is 1.43. The number of aromatic nitrogens is 2. The van der Waals surface area contributed by atoms with E-state index in [0.29, 0.717) is 11.3 Å². The largest absolute Gasteiger partial charge is 0.484 e. The Hall–Kier alpha value is -3.75.